The zero-order valence-corrected chi connectivity index (χ0v) is 18.5. The maximum absolute atomic E-state index is 14.8. The molecule has 0 saturated carbocycles. The highest BCUT2D eigenvalue weighted by atomic mass is 35.5. The second-order valence-electron chi connectivity index (χ2n) is 8.03. The van der Waals surface area contributed by atoms with Gasteiger partial charge in [0.15, 0.2) is 11.4 Å². The number of rotatable bonds is 3. The molecule has 3 aromatic rings. The van der Waals surface area contributed by atoms with Crippen LogP contribution >= 0.6 is 11.6 Å². The van der Waals surface area contributed by atoms with Crippen molar-refractivity contribution in [3.05, 3.63) is 58.3 Å². The lowest BCUT2D eigenvalue weighted by Crippen LogP contribution is -2.57. The highest BCUT2D eigenvalue weighted by Crippen LogP contribution is 2.46. The van der Waals surface area contributed by atoms with E-state index in [9.17, 15) is 14.3 Å². The monoisotopic (exact) mass is 469 g/mol. The summed E-state index contributed by atoms with van der Waals surface area (Å²) >= 11 is 6.72. The third kappa shape index (κ3) is 3.44. The summed E-state index contributed by atoms with van der Waals surface area (Å²) in [6, 6.07) is 4.00. The lowest BCUT2D eigenvalue weighted by Gasteiger charge is -2.38. The lowest BCUT2D eigenvalue weighted by atomic mass is 10.1. The minimum Gasteiger partial charge on any atom is -0.507 e. The van der Waals surface area contributed by atoms with E-state index in [-0.39, 0.29) is 52.1 Å². The topological polar surface area (TPSA) is 92.5 Å². The molecule has 0 bridgehead atoms. The molecule has 1 saturated heterocycles. The van der Waals surface area contributed by atoms with Crippen molar-refractivity contribution in [1.29, 1.82) is 0 Å². The molecule has 0 unspecified atom stereocenters. The molecule has 8 nitrogen and oxygen atoms in total. The number of nitrogens with one attached hydrogen (secondary N) is 1. The summed E-state index contributed by atoms with van der Waals surface area (Å²) in [5.41, 5.74) is -0.580. The Morgan fingerprint density at radius 1 is 1.39 bits per heavy atom. The van der Waals surface area contributed by atoms with E-state index in [0.29, 0.717) is 24.3 Å². The van der Waals surface area contributed by atoms with Gasteiger partial charge in [-0.1, -0.05) is 30.3 Å². The van der Waals surface area contributed by atoms with Gasteiger partial charge in [0.25, 0.3) is 0 Å². The van der Waals surface area contributed by atoms with Crippen molar-refractivity contribution in [2.45, 2.75) is 19.0 Å². The number of hydrogen-bond acceptors (Lipinski definition) is 7. The predicted molar refractivity (Wildman–Crippen MR) is 125 cm³/mol. The van der Waals surface area contributed by atoms with Gasteiger partial charge >= 0.3 is 5.69 Å². The first-order valence-electron chi connectivity index (χ1n) is 10.5. The van der Waals surface area contributed by atoms with Crippen LogP contribution < -0.4 is 20.6 Å². The molecule has 0 spiro atoms. The number of halogens is 2. The van der Waals surface area contributed by atoms with Crippen molar-refractivity contribution in [2.75, 3.05) is 24.6 Å². The number of ether oxygens (including phenoxy) is 1. The van der Waals surface area contributed by atoms with Crippen LogP contribution in [0, 0.1) is 5.82 Å². The number of aromatic hydroxyl groups is 1. The van der Waals surface area contributed by atoms with E-state index < -0.39 is 11.5 Å². The molecule has 2 N–H and O–H groups in total. The van der Waals surface area contributed by atoms with Crippen molar-refractivity contribution in [2.24, 2.45) is 0 Å². The fourth-order valence-corrected chi connectivity index (χ4v) is 4.56. The van der Waals surface area contributed by atoms with Crippen molar-refractivity contribution in [1.82, 2.24) is 19.9 Å². The van der Waals surface area contributed by atoms with Gasteiger partial charge in [-0.15, -0.1) is 0 Å². The highest BCUT2D eigenvalue weighted by Gasteiger charge is 2.35. The molecule has 170 valence electrons. The normalized spacial score (nSPS) is 19.9. The molecule has 0 radical (unpaired) electrons. The van der Waals surface area contributed by atoms with E-state index in [1.54, 1.807) is 6.08 Å². The Balaban J connectivity index is 1.90. The van der Waals surface area contributed by atoms with Gasteiger partial charge in [0, 0.05) is 25.3 Å². The number of hydrogen-bond donors (Lipinski definition) is 2. The predicted octanol–water partition coefficient (Wildman–Crippen LogP) is 3.17. The third-order valence-electron chi connectivity index (χ3n) is 5.84. The largest absolute Gasteiger partial charge is 0.507 e. The van der Waals surface area contributed by atoms with Gasteiger partial charge in [-0.2, -0.15) is 4.98 Å². The SMILES string of the molecule is C=C/C=C/n1c(=O)nc2c3c(c(Cl)c(-c4c(O)cccc4F)nc31)OC[C@@H]1CN[C@H](C)CN21. The Morgan fingerprint density at radius 2 is 2.21 bits per heavy atom. The lowest BCUT2D eigenvalue weighted by molar-refractivity contribution is 0.263. The average Bonchev–Trinajstić information content (AvgIpc) is 2.94. The fraction of sp³-hybridized carbons (Fsp3) is 0.261. The first-order chi connectivity index (χ1) is 15.9. The summed E-state index contributed by atoms with van der Waals surface area (Å²) in [6.45, 7) is 7.19. The maximum Gasteiger partial charge on any atom is 0.355 e. The number of piperazine rings is 1. The van der Waals surface area contributed by atoms with Crippen LogP contribution in [0.1, 0.15) is 6.92 Å². The molecular formula is C23H21ClFN5O3. The molecule has 4 heterocycles. The van der Waals surface area contributed by atoms with Crippen LogP contribution in [0.3, 0.4) is 0 Å². The van der Waals surface area contributed by atoms with Gasteiger partial charge in [-0.05, 0) is 25.1 Å². The molecule has 2 aliphatic rings. The summed E-state index contributed by atoms with van der Waals surface area (Å²) < 4.78 is 22.1. The van der Waals surface area contributed by atoms with Crippen LogP contribution in [-0.4, -0.2) is 51.4 Å². The fourth-order valence-electron chi connectivity index (χ4n) is 4.28. The number of anilines is 1. The first-order valence-corrected chi connectivity index (χ1v) is 10.8. The summed E-state index contributed by atoms with van der Waals surface area (Å²) in [4.78, 5) is 24.0. The van der Waals surface area contributed by atoms with Gasteiger partial charge in [0.2, 0.25) is 0 Å². The van der Waals surface area contributed by atoms with Crippen LogP contribution in [0.5, 0.6) is 11.5 Å². The van der Waals surface area contributed by atoms with Crippen molar-refractivity contribution >= 4 is 34.7 Å². The number of benzene rings is 1. The van der Waals surface area contributed by atoms with Crippen LogP contribution in [0.25, 0.3) is 28.5 Å². The Hall–Kier alpha value is -3.43. The number of aromatic nitrogens is 3. The smallest absolute Gasteiger partial charge is 0.355 e. The van der Waals surface area contributed by atoms with Crippen LogP contribution in [0.2, 0.25) is 5.02 Å². The van der Waals surface area contributed by atoms with Crippen LogP contribution in [0.4, 0.5) is 10.2 Å². The summed E-state index contributed by atoms with van der Waals surface area (Å²) in [6.07, 6.45) is 4.55. The van der Waals surface area contributed by atoms with E-state index in [0.717, 1.165) is 0 Å². The highest BCUT2D eigenvalue weighted by molar-refractivity contribution is 6.36. The quantitative estimate of drug-likeness (QED) is 0.569. The van der Waals surface area contributed by atoms with E-state index >= 15 is 0 Å². The molecule has 0 amide bonds. The molecule has 5 rings (SSSR count). The number of pyridine rings is 1. The second kappa shape index (κ2) is 8.17. The minimum absolute atomic E-state index is 0.0292. The summed E-state index contributed by atoms with van der Waals surface area (Å²) in [7, 11) is 0. The van der Waals surface area contributed by atoms with Gasteiger partial charge in [-0.25, -0.2) is 14.2 Å². The van der Waals surface area contributed by atoms with Crippen molar-refractivity contribution in [3.63, 3.8) is 0 Å². The van der Waals surface area contributed by atoms with E-state index in [4.69, 9.17) is 16.3 Å². The zero-order valence-electron chi connectivity index (χ0n) is 17.8. The second-order valence-corrected chi connectivity index (χ2v) is 8.41. The summed E-state index contributed by atoms with van der Waals surface area (Å²) in [5, 5.41) is 14.3. The number of nitrogens with zero attached hydrogens (tertiary/aromatic N) is 4. The Bertz CT molecular complexity index is 1350. The Labute approximate surface area is 193 Å². The van der Waals surface area contributed by atoms with Gasteiger partial charge in [0.1, 0.15) is 40.1 Å². The average molecular weight is 470 g/mol. The van der Waals surface area contributed by atoms with E-state index in [1.807, 2.05) is 11.8 Å². The Kier molecular flexibility index (Phi) is 5.30. The van der Waals surface area contributed by atoms with Crippen LogP contribution in [-0.2, 0) is 0 Å². The molecule has 2 aliphatic heterocycles. The van der Waals surface area contributed by atoms with E-state index in [2.05, 4.69) is 21.9 Å². The van der Waals surface area contributed by atoms with E-state index in [1.165, 1.54) is 35.0 Å². The Morgan fingerprint density at radius 3 is 2.97 bits per heavy atom. The maximum atomic E-state index is 14.8. The standard InChI is InChI=1S/C23H21ClFN5O3/c1-3-4-8-29-21-17-20(18(24)19(27-21)16-14(25)6-5-7-15(16)31)33-11-13-9-26-12(2)10-30(13)22(17)28-23(29)32/h3-8,12-13,26,31H,1,9-11H2,2H3/b8-4+/t12-,13+/m1/s1. The molecule has 10 heteroatoms. The summed E-state index contributed by atoms with van der Waals surface area (Å²) in [5.74, 6) is -0.373. The van der Waals surface area contributed by atoms with Crippen molar-refractivity contribution < 1.29 is 14.2 Å². The molecular weight excluding hydrogens is 449 g/mol. The van der Waals surface area contributed by atoms with Gasteiger partial charge in [0.05, 0.1) is 11.6 Å². The number of phenols is 1. The molecule has 0 aliphatic carbocycles. The molecule has 2 atom stereocenters. The molecule has 1 aromatic carbocycles. The van der Waals surface area contributed by atoms with Crippen LogP contribution in [0.15, 0.2) is 41.7 Å². The van der Waals surface area contributed by atoms with Gasteiger partial charge in [-0.3, -0.25) is 4.57 Å². The third-order valence-corrected chi connectivity index (χ3v) is 6.19. The van der Waals surface area contributed by atoms with Crippen molar-refractivity contribution in [3.8, 4) is 22.8 Å². The zero-order chi connectivity index (χ0) is 23.3. The molecule has 33 heavy (non-hydrogen) atoms. The first kappa shape index (κ1) is 21.4. The molecule has 2 aromatic heterocycles. The number of fused-ring (bicyclic) bond motifs is 2. The number of phenolic OH excluding ortho intramolecular Hbond substituents is 1. The number of allylic oxidation sites excluding steroid dienone is 2. The molecule has 1 fully saturated rings. The minimum atomic E-state index is -0.704. The van der Waals surface area contributed by atoms with Gasteiger partial charge < -0.3 is 20.1 Å².